The van der Waals surface area contributed by atoms with Crippen LogP contribution >= 0.6 is 0 Å². The van der Waals surface area contributed by atoms with Crippen molar-refractivity contribution in [1.82, 2.24) is 0 Å². The first-order valence-electron chi connectivity index (χ1n) is 6.35. The summed E-state index contributed by atoms with van der Waals surface area (Å²) in [5.41, 5.74) is 0.510. The molecule has 2 atom stereocenters. The third kappa shape index (κ3) is 8.59. The normalized spacial score (nSPS) is 16.7. The Morgan fingerprint density at radius 1 is 0.929 bits per heavy atom. The van der Waals surface area contributed by atoms with Gasteiger partial charge in [-0.1, -0.05) is 67.2 Å². The molecule has 0 nitrogen and oxygen atoms in total. The predicted octanol–water partition coefficient (Wildman–Crippen LogP) is 5.28. The van der Waals surface area contributed by atoms with Crippen molar-refractivity contribution < 1.29 is 0 Å². The first-order chi connectivity index (χ1) is 6.35. The molecule has 0 aliphatic carbocycles. The SMILES string of the molecule is CCC(C)CCCC(C)CC(C)(C)C. The molecule has 0 spiro atoms. The molecule has 0 aliphatic heterocycles. The topological polar surface area (TPSA) is 0 Å². The molecule has 0 heterocycles. The molecular weight excluding hydrogens is 168 g/mol. The van der Waals surface area contributed by atoms with E-state index in [1.54, 1.807) is 0 Å². The standard InChI is InChI=1S/C14H30/c1-7-12(2)9-8-10-13(3)11-14(4,5)6/h12-13H,7-11H2,1-6H3. The largest absolute Gasteiger partial charge is 0.0651 e. The van der Waals surface area contributed by atoms with Crippen LogP contribution < -0.4 is 0 Å². The van der Waals surface area contributed by atoms with E-state index in [9.17, 15) is 0 Å². The van der Waals surface area contributed by atoms with E-state index in [1.807, 2.05) is 0 Å². The summed E-state index contributed by atoms with van der Waals surface area (Å²) in [7, 11) is 0. The Bertz CT molecular complexity index is 129. The van der Waals surface area contributed by atoms with E-state index >= 15 is 0 Å². The van der Waals surface area contributed by atoms with E-state index in [4.69, 9.17) is 0 Å². The molecule has 0 aliphatic rings. The molecule has 0 aromatic rings. The van der Waals surface area contributed by atoms with Gasteiger partial charge in [-0.3, -0.25) is 0 Å². The van der Waals surface area contributed by atoms with E-state index in [2.05, 4.69) is 41.5 Å². The highest BCUT2D eigenvalue weighted by molar-refractivity contribution is 4.66. The van der Waals surface area contributed by atoms with Crippen molar-refractivity contribution in [2.45, 2.75) is 73.6 Å². The zero-order chi connectivity index (χ0) is 11.2. The van der Waals surface area contributed by atoms with Gasteiger partial charge < -0.3 is 0 Å². The van der Waals surface area contributed by atoms with Gasteiger partial charge in [-0.25, -0.2) is 0 Å². The number of hydrogen-bond acceptors (Lipinski definition) is 0. The second-order valence-corrected chi connectivity index (χ2v) is 6.31. The minimum absolute atomic E-state index is 0.510. The van der Waals surface area contributed by atoms with Crippen LogP contribution in [0.25, 0.3) is 0 Å². The van der Waals surface area contributed by atoms with Gasteiger partial charge in [-0.15, -0.1) is 0 Å². The van der Waals surface area contributed by atoms with Crippen molar-refractivity contribution >= 4 is 0 Å². The quantitative estimate of drug-likeness (QED) is 0.545. The van der Waals surface area contributed by atoms with Crippen LogP contribution in [0.1, 0.15) is 73.6 Å². The van der Waals surface area contributed by atoms with E-state index in [1.165, 1.54) is 32.1 Å². The summed E-state index contributed by atoms with van der Waals surface area (Å²) in [4.78, 5) is 0. The van der Waals surface area contributed by atoms with Crippen molar-refractivity contribution in [1.29, 1.82) is 0 Å². The van der Waals surface area contributed by atoms with Crippen LogP contribution in [-0.2, 0) is 0 Å². The molecule has 0 bridgehead atoms. The van der Waals surface area contributed by atoms with Gasteiger partial charge in [0.2, 0.25) is 0 Å². The smallest absolute Gasteiger partial charge is 0.0380 e. The maximum atomic E-state index is 2.40. The maximum Gasteiger partial charge on any atom is -0.0380 e. The van der Waals surface area contributed by atoms with Crippen molar-refractivity contribution in [2.24, 2.45) is 17.3 Å². The van der Waals surface area contributed by atoms with Crippen LogP contribution in [0, 0.1) is 17.3 Å². The van der Waals surface area contributed by atoms with Crippen LogP contribution in [0.2, 0.25) is 0 Å². The molecule has 0 N–H and O–H groups in total. The Labute approximate surface area is 91.5 Å². The molecule has 0 saturated carbocycles. The summed E-state index contributed by atoms with van der Waals surface area (Å²) in [6.45, 7) is 14.1. The monoisotopic (exact) mass is 198 g/mol. The lowest BCUT2D eigenvalue weighted by molar-refractivity contribution is 0.287. The average molecular weight is 198 g/mol. The van der Waals surface area contributed by atoms with E-state index in [0.717, 1.165) is 11.8 Å². The molecule has 14 heavy (non-hydrogen) atoms. The molecule has 0 fully saturated rings. The highest BCUT2D eigenvalue weighted by Crippen LogP contribution is 2.27. The third-order valence-corrected chi connectivity index (χ3v) is 3.05. The van der Waals surface area contributed by atoms with Crippen LogP contribution in [0.5, 0.6) is 0 Å². The van der Waals surface area contributed by atoms with Gasteiger partial charge in [0, 0.05) is 0 Å². The second-order valence-electron chi connectivity index (χ2n) is 6.31. The van der Waals surface area contributed by atoms with Gasteiger partial charge >= 0.3 is 0 Å². The molecule has 0 radical (unpaired) electrons. The van der Waals surface area contributed by atoms with Gasteiger partial charge in [0.1, 0.15) is 0 Å². The Morgan fingerprint density at radius 2 is 1.43 bits per heavy atom. The fraction of sp³-hybridized carbons (Fsp3) is 1.00. The van der Waals surface area contributed by atoms with Crippen LogP contribution in [0.4, 0.5) is 0 Å². The molecule has 0 aromatic carbocycles. The Balaban J connectivity index is 3.50. The lowest BCUT2D eigenvalue weighted by Crippen LogP contribution is -2.11. The number of hydrogen-bond donors (Lipinski definition) is 0. The Hall–Kier alpha value is 0. The molecule has 0 saturated heterocycles. The summed E-state index contributed by atoms with van der Waals surface area (Å²) in [6.07, 6.45) is 6.97. The minimum Gasteiger partial charge on any atom is -0.0651 e. The predicted molar refractivity (Wildman–Crippen MR) is 66.5 cm³/mol. The summed E-state index contributed by atoms with van der Waals surface area (Å²) in [6, 6.07) is 0. The van der Waals surface area contributed by atoms with E-state index in [-0.39, 0.29) is 0 Å². The van der Waals surface area contributed by atoms with Gasteiger partial charge in [-0.05, 0) is 23.7 Å². The minimum atomic E-state index is 0.510. The highest BCUT2D eigenvalue weighted by Gasteiger charge is 2.14. The maximum absolute atomic E-state index is 2.40. The van der Waals surface area contributed by atoms with Gasteiger partial charge in [0.05, 0.1) is 0 Å². The van der Waals surface area contributed by atoms with Crippen LogP contribution in [0.15, 0.2) is 0 Å². The fourth-order valence-electron chi connectivity index (χ4n) is 2.17. The summed E-state index contributed by atoms with van der Waals surface area (Å²) < 4.78 is 0. The van der Waals surface area contributed by atoms with Crippen LogP contribution in [0.3, 0.4) is 0 Å². The lowest BCUT2D eigenvalue weighted by atomic mass is 9.83. The zero-order valence-electron chi connectivity index (χ0n) is 11.2. The first kappa shape index (κ1) is 14.0. The molecule has 0 rings (SSSR count). The molecule has 0 heteroatoms. The molecule has 0 amide bonds. The molecule has 0 aromatic heterocycles. The fourth-order valence-corrected chi connectivity index (χ4v) is 2.17. The van der Waals surface area contributed by atoms with Gasteiger partial charge in [-0.2, -0.15) is 0 Å². The Kier molecular flexibility index (Phi) is 6.48. The van der Waals surface area contributed by atoms with Crippen molar-refractivity contribution in [3.8, 4) is 0 Å². The number of rotatable bonds is 6. The van der Waals surface area contributed by atoms with Crippen LogP contribution in [-0.4, -0.2) is 0 Å². The van der Waals surface area contributed by atoms with Crippen molar-refractivity contribution in [3.05, 3.63) is 0 Å². The summed E-state index contributed by atoms with van der Waals surface area (Å²) in [5.74, 6) is 1.83. The third-order valence-electron chi connectivity index (χ3n) is 3.05. The van der Waals surface area contributed by atoms with E-state index in [0.29, 0.717) is 5.41 Å². The molecular formula is C14H30. The van der Waals surface area contributed by atoms with Crippen molar-refractivity contribution in [2.75, 3.05) is 0 Å². The van der Waals surface area contributed by atoms with Gasteiger partial charge in [0.15, 0.2) is 0 Å². The highest BCUT2D eigenvalue weighted by atomic mass is 14.2. The molecule has 86 valence electrons. The summed E-state index contributed by atoms with van der Waals surface area (Å²) >= 11 is 0. The summed E-state index contributed by atoms with van der Waals surface area (Å²) in [5, 5.41) is 0. The second kappa shape index (κ2) is 6.48. The Morgan fingerprint density at radius 3 is 1.86 bits per heavy atom. The zero-order valence-corrected chi connectivity index (χ0v) is 11.2. The van der Waals surface area contributed by atoms with E-state index < -0.39 is 0 Å². The molecule has 2 unspecified atom stereocenters. The van der Waals surface area contributed by atoms with Gasteiger partial charge in [0.25, 0.3) is 0 Å². The lowest BCUT2D eigenvalue weighted by Gasteiger charge is -2.23. The average Bonchev–Trinajstić information content (AvgIpc) is 2.00. The van der Waals surface area contributed by atoms with Crippen molar-refractivity contribution in [3.63, 3.8) is 0 Å². The first-order valence-corrected chi connectivity index (χ1v) is 6.35.